The van der Waals surface area contributed by atoms with Gasteiger partial charge in [-0.3, -0.25) is 9.59 Å². The number of nitrogens with zero attached hydrogens (tertiary/aromatic N) is 1. The Morgan fingerprint density at radius 1 is 1.00 bits per heavy atom. The number of hydrogen-bond acceptors (Lipinski definition) is 3. The Hall–Kier alpha value is -2.46. The van der Waals surface area contributed by atoms with Gasteiger partial charge in [0.05, 0.1) is 0 Å². The number of carbonyl (C=O) groups excluding carboxylic acids is 2. The summed E-state index contributed by atoms with van der Waals surface area (Å²) in [5.74, 6) is 0.0104. The van der Waals surface area contributed by atoms with Gasteiger partial charge in [0.25, 0.3) is 0 Å². The first-order chi connectivity index (χ1) is 10.1. The minimum Gasteiger partial charge on any atom is -0.326 e. The van der Waals surface area contributed by atoms with E-state index >= 15 is 0 Å². The minimum atomic E-state index is -0.108. The lowest BCUT2D eigenvalue weighted by atomic mass is 10.0. The lowest BCUT2D eigenvalue weighted by molar-refractivity contribution is -0.117. The first kappa shape index (κ1) is 13.5. The SMILES string of the molecule is NC1CC(=O)N(c2ccc(C(=O)c3ccccc3)cc2)C1. The summed E-state index contributed by atoms with van der Waals surface area (Å²) in [5, 5.41) is 0. The molecule has 4 heteroatoms. The van der Waals surface area contributed by atoms with Crippen molar-refractivity contribution in [3.63, 3.8) is 0 Å². The van der Waals surface area contributed by atoms with E-state index in [0.717, 1.165) is 5.69 Å². The van der Waals surface area contributed by atoms with Crippen LogP contribution in [-0.4, -0.2) is 24.3 Å². The number of rotatable bonds is 3. The second kappa shape index (κ2) is 5.50. The van der Waals surface area contributed by atoms with Gasteiger partial charge in [0, 0.05) is 35.8 Å². The molecular weight excluding hydrogens is 264 g/mol. The van der Waals surface area contributed by atoms with Crippen LogP contribution in [0.2, 0.25) is 0 Å². The molecule has 0 radical (unpaired) electrons. The van der Waals surface area contributed by atoms with Crippen molar-refractivity contribution in [2.75, 3.05) is 11.4 Å². The van der Waals surface area contributed by atoms with E-state index in [0.29, 0.717) is 24.1 Å². The molecule has 1 fully saturated rings. The zero-order chi connectivity index (χ0) is 14.8. The van der Waals surface area contributed by atoms with E-state index in [9.17, 15) is 9.59 Å². The molecule has 106 valence electrons. The number of carbonyl (C=O) groups is 2. The van der Waals surface area contributed by atoms with Crippen LogP contribution in [0.15, 0.2) is 54.6 Å². The van der Waals surface area contributed by atoms with Crippen molar-refractivity contribution < 1.29 is 9.59 Å². The van der Waals surface area contributed by atoms with Crippen molar-refractivity contribution in [1.82, 2.24) is 0 Å². The standard InChI is InChI=1S/C17H16N2O2/c18-14-10-16(20)19(11-14)15-8-6-13(7-9-15)17(21)12-4-2-1-3-5-12/h1-9,14H,10-11,18H2. The lowest BCUT2D eigenvalue weighted by Crippen LogP contribution is -2.27. The van der Waals surface area contributed by atoms with Crippen LogP contribution in [0, 0.1) is 0 Å². The number of benzene rings is 2. The van der Waals surface area contributed by atoms with Crippen LogP contribution in [0.3, 0.4) is 0 Å². The Bertz CT molecular complexity index is 665. The molecule has 3 rings (SSSR count). The average Bonchev–Trinajstić information content (AvgIpc) is 2.86. The topological polar surface area (TPSA) is 63.4 Å². The largest absolute Gasteiger partial charge is 0.326 e. The molecule has 1 heterocycles. The van der Waals surface area contributed by atoms with Gasteiger partial charge in [0.2, 0.25) is 5.91 Å². The molecule has 1 saturated heterocycles. The summed E-state index contributed by atoms with van der Waals surface area (Å²) in [6.07, 6.45) is 0.380. The van der Waals surface area contributed by atoms with Crippen molar-refractivity contribution in [2.24, 2.45) is 5.73 Å². The van der Waals surface area contributed by atoms with Gasteiger partial charge in [-0.05, 0) is 24.3 Å². The van der Waals surface area contributed by atoms with E-state index in [4.69, 9.17) is 5.73 Å². The van der Waals surface area contributed by atoms with Crippen LogP contribution in [0.4, 0.5) is 5.69 Å². The Labute approximate surface area is 123 Å². The third-order valence-corrected chi connectivity index (χ3v) is 3.63. The molecule has 2 aromatic rings. The highest BCUT2D eigenvalue weighted by molar-refractivity contribution is 6.09. The summed E-state index contributed by atoms with van der Waals surface area (Å²) in [6, 6.07) is 16.1. The minimum absolute atomic E-state index is 0.0217. The van der Waals surface area contributed by atoms with Crippen LogP contribution in [0.5, 0.6) is 0 Å². The predicted octanol–water partition coefficient (Wildman–Crippen LogP) is 1.98. The van der Waals surface area contributed by atoms with Crippen molar-refractivity contribution in [1.29, 1.82) is 0 Å². The fourth-order valence-electron chi connectivity index (χ4n) is 2.53. The molecule has 0 saturated carbocycles. The fraction of sp³-hybridized carbons (Fsp3) is 0.176. The smallest absolute Gasteiger partial charge is 0.228 e. The van der Waals surface area contributed by atoms with Gasteiger partial charge in [-0.2, -0.15) is 0 Å². The van der Waals surface area contributed by atoms with Gasteiger partial charge in [-0.1, -0.05) is 30.3 Å². The van der Waals surface area contributed by atoms with Gasteiger partial charge in [0.1, 0.15) is 0 Å². The molecule has 0 spiro atoms. The summed E-state index contributed by atoms with van der Waals surface area (Å²) in [6.45, 7) is 0.533. The number of nitrogens with two attached hydrogens (primary N) is 1. The second-order valence-electron chi connectivity index (χ2n) is 5.21. The third kappa shape index (κ3) is 2.71. The monoisotopic (exact) mass is 280 g/mol. The first-order valence-corrected chi connectivity index (χ1v) is 6.91. The van der Waals surface area contributed by atoms with Crippen LogP contribution in [0.25, 0.3) is 0 Å². The molecule has 1 aliphatic heterocycles. The number of anilines is 1. The average molecular weight is 280 g/mol. The van der Waals surface area contributed by atoms with Gasteiger partial charge in [-0.15, -0.1) is 0 Å². The summed E-state index contributed by atoms with van der Waals surface area (Å²) in [5.41, 5.74) is 7.85. The van der Waals surface area contributed by atoms with E-state index in [1.165, 1.54) is 0 Å². The second-order valence-corrected chi connectivity index (χ2v) is 5.21. The Kier molecular flexibility index (Phi) is 3.54. The quantitative estimate of drug-likeness (QED) is 0.874. The maximum Gasteiger partial charge on any atom is 0.228 e. The Morgan fingerprint density at radius 2 is 1.62 bits per heavy atom. The number of hydrogen-bond donors (Lipinski definition) is 1. The van der Waals surface area contributed by atoms with Crippen LogP contribution < -0.4 is 10.6 Å². The number of ketones is 1. The Balaban J connectivity index is 1.82. The molecule has 1 atom stereocenters. The predicted molar refractivity (Wildman–Crippen MR) is 81.3 cm³/mol. The molecular formula is C17H16N2O2. The summed E-state index contributed by atoms with van der Waals surface area (Å²) in [7, 11) is 0. The van der Waals surface area contributed by atoms with Crippen molar-refractivity contribution in [3.05, 3.63) is 65.7 Å². The highest BCUT2D eigenvalue weighted by Crippen LogP contribution is 2.22. The zero-order valence-corrected chi connectivity index (χ0v) is 11.5. The molecule has 0 aliphatic carbocycles. The normalized spacial score (nSPS) is 18.0. The van der Waals surface area contributed by atoms with Crippen LogP contribution >= 0.6 is 0 Å². The van der Waals surface area contributed by atoms with Gasteiger partial charge in [-0.25, -0.2) is 0 Å². The fourth-order valence-corrected chi connectivity index (χ4v) is 2.53. The zero-order valence-electron chi connectivity index (χ0n) is 11.5. The molecule has 2 N–H and O–H groups in total. The molecule has 0 aromatic heterocycles. The molecule has 1 amide bonds. The first-order valence-electron chi connectivity index (χ1n) is 6.91. The number of amides is 1. The molecule has 4 nitrogen and oxygen atoms in total. The Morgan fingerprint density at radius 3 is 2.19 bits per heavy atom. The molecule has 2 aromatic carbocycles. The third-order valence-electron chi connectivity index (χ3n) is 3.63. The van der Waals surface area contributed by atoms with Gasteiger partial charge in [0.15, 0.2) is 5.78 Å². The van der Waals surface area contributed by atoms with Crippen LogP contribution in [-0.2, 0) is 4.79 Å². The molecule has 0 bridgehead atoms. The van der Waals surface area contributed by atoms with Gasteiger partial charge < -0.3 is 10.6 Å². The lowest BCUT2D eigenvalue weighted by Gasteiger charge is -2.16. The molecule has 1 unspecified atom stereocenters. The molecule has 21 heavy (non-hydrogen) atoms. The molecule has 1 aliphatic rings. The maximum atomic E-state index is 12.3. The van der Waals surface area contributed by atoms with Gasteiger partial charge >= 0.3 is 0 Å². The highest BCUT2D eigenvalue weighted by Gasteiger charge is 2.27. The van der Waals surface area contributed by atoms with E-state index < -0.39 is 0 Å². The van der Waals surface area contributed by atoms with E-state index in [1.807, 2.05) is 18.2 Å². The van der Waals surface area contributed by atoms with E-state index in [2.05, 4.69) is 0 Å². The van der Waals surface area contributed by atoms with E-state index in [1.54, 1.807) is 41.3 Å². The maximum absolute atomic E-state index is 12.3. The van der Waals surface area contributed by atoms with Crippen LogP contribution in [0.1, 0.15) is 22.3 Å². The summed E-state index contributed by atoms with van der Waals surface area (Å²) in [4.78, 5) is 25.8. The highest BCUT2D eigenvalue weighted by atomic mass is 16.2. The van der Waals surface area contributed by atoms with Crippen molar-refractivity contribution in [3.8, 4) is 0 Å². The van der Waals surface area contributed by atoms with E-state index in [-0.39, 0.29) is 17.7 Å². The summed E-state index contributed by atoms with van der Waals surface area (Å²) < 4.78 is 0. The van der Waals surface area contributed by atoms with Crippen molar-refractivity contribution >= 4 is 17.4 Å². The van der Waals surface area contributed by atoms with Crippen molar-refractivity contribution in [2.45, 2.75) is 12.5 Å². The summed E-state index contributed by atoms with van der Waals surface area (Å²) >= 11 is 0.